The van der Waals surface area contributed by atoms with Gasteiger partial charge in [0.2, 0.25) is 0 Å². The molecule has 0 saturated carbocycles. The first-order valence-corrected chi connectivity index (χ1v) is 10.8. The lowest BCUT2D eigenvalue weighted by atomic mass is 9.91. The van der Waals surface area contributed by atoms with E-state index in [1.54, 1.807) is 17.7 Å². The zero-order valence-electron chi connectivity index (χ0n) is 17.9. The summed E-state index contributed by atoms with van der Waals surface area (Å²) in [7, 11) is 1.67. The molecule has 0 amide bonds. The number of rotatable bonds is 5. The molecule has 160 valence electrons. The van der Waals surface area contributed by atoms with Crippen molar-refractivity contribution in [3.05, 3.63) is 69.9 Å². The summed E-state index contributed by atoms with van der Waals surface area (Å²) in [5.41, 5.74) is 4.21. The molecule has 7 heteroatoms. The number of hydrogen-bond donors (Lipinski definition) is 0. The lowest BCUT2D eigenvalue weighted by Gasteiger charge is -2.31. The lowest BCUT2D eigenvalue weighted by molar-refractivity contribution is 0.211. The highest BCUT2D eigenvalue weighted by Crippen LogP contribution is 2.34. The molecule has 1 saturated heterocycles. The highest BCUT2D eigenvalue weighted by atomic mass is 16.5. The van der Waals surface area contributed by atoms with Crippen LogP contribution in [0.15, 0.2) is 51.9 Å². The number of fused-ring (bicyclic) bond motifs is 2. The lowest BCUT2D eigenvalue weighted by Crippen LogP contribution is -2.35. The Morgan fingerprint density at radius 3 is 2.84 bits per heavy atom. The normalized spacial score (nSPS) is 15.7. The average molecular weight is 418 g/mol. The van der Waals surface area contributed by atoms with E-state index < -0.39 is 0 Å². The van der Waals surface area contributed by atoms with E-state index in [1.807, 2.05) is 43.3 Å². The molecule has 3 aromatic heterocycles. The number of aryl methyl sites for hydroxylation is 1. The van der Waals surface area contributed by atoms with Crippen molar-refractivity contribution in [3.63, 3.8) is 0 Å². The van der Waals surface area contributed by atoms with Crippen molar-refractivity contribution in [2.75, 3.05) is 26.7 Å². The van der Waals surface area contributed by atoms with Gasteiger partial charge in [0, 0.05) is 35.3 Å². The Morgan fingerprint density at radius 2 is 2.03 bits per heavy atom. The number of likely N-dealkylation sites (tertiary alicyclic amines) is 1. The minimum absolute atomic E-state index is 0.0426. The van der Waals surface area contributed by atoms with Gasteiger partial charge < -0.3 is 14.2 Å². The van der Waals surface area contributed by atoms with Gasteiger partial charge in [-0.15, -0.1) is 0 Å². The van der Waals surface area contributed by atoms with Crippen molar-refractivity contribution < 1.29 is 9.26 Å². The molecule has 0 atom stereocenters. The predicted octanol–water partition coefficient (Wildman–Crippen LogP) is 3.57. The fourth-order valence-corrected chi connectivity index (χ4v) is 4.58. The van der Waals surface area contributed by atoms with E-state index in [0.29, 0.717) is 18.0 Å². The molecule has 4 aromatic rings. The molecule has 7 nitrogen and oxygen atoms in total. The van der Waals surface area contributed by atoms with E-state index >= 15 is 0 Å². The highest BCUT2D eigenvalue weighted by molar-refractivity contribution is 5.81. The molecule has 1 aliphatic heterocycles. The Morgan fingerprint density at radius 1 is 1.19 bits per heavy atom. The number of pyridine rings is 1. The van der Waals surface area contributed by atoms with Crippen molar-refractivity contribution in [1.29, 1.82) is 0 Å². The van der Waals surface area contributed by atoms with Gasteiger partial charge in [0.05, 0.1) is 12.8 Å². The van der Waals surface area contributed by atoms with Gasteiger partial charge in [-0.1, -0.05) is 11.2 Å². The zero-order valence-corrected chi connectivity index (χ0v) is 17.9. The summed E-state index contributed by atoms with van der Waals surface area (Å²) < 4.78 is 12.5. The fraction of sp³-hybridized carbons (Fsp3) is 0.375. The van der Waals surface area contributed by atoms with E-state index in [1.165, 1.54) is 0 Å². The van der Waals surface area contributed by atoms with Crippen LogP contribution >= 0.6 is 0 Å². The topological polar surface area (TPSA) is 72.9 Å². The Bertz CT molecular complexity index is 1290. The van der Waals surface area contributed by atoms with Crippen LogP contribution in [0.5, 0.6) is 5.75 Å². The third-order valence-corrected chi connectivity index (χ3v) is 6.39. The molecule has 1 aromatic carbocycles. The number of piperidine rings is 1. The molecule has 0 N–H and O–H groups in total. The van der Waals surface area contributed by atoms with Crippen molar-refractivity contribution in [3.8, 4) is 5.75 Å². The predicted molar refractivity (Wildman–Crippen MR) is 119 cm³/mol. The molecule has 0 spiro atoms. The van der Waals surface area contributed by atoms with E-state index in [2.05, 4.69) is 15.0 Å². The van der Waals surface area contributed by atoms with Crippen LogP contribution in [0.25, 0.3) is 16.6 Å². The van der Waals surface area contributed by atoms with Crippen LogP contribution in [-0.4, -0.2) is 46.2 Å². The summed E-state index contributed by atoms with van der Waals surface area (Å²) >= 11 is 0. The monoisotopic (exact) mass is 418 g/mol. The largest absolute Gasteiger partial charge is 0.497 e. The molecular formula is C24H26N4O3. The van der Waals surface area contributed by atoms with Gasteiger partial charge in [-0.2, -0.15) is 0 Å². The Balaban J connectivity index is 1.26. The summed E-state index contributed by atoms with van der Waals surface area (Å²) in [6.45, 7) is 4.74. The molecule has 31 heavy (non-hydrogen) atoms. The summed E-state index contributed by atoms with van der Waals surface area (Å²) in [4.78, 5) is 19.9. The van der Waals surface area contributed by atoms with Gasteiger partial charge in [0.1, 0.15) is 11.4 Å². The van der Waals surface area contributed by atoms with Gasteiger partial charge >= 0.3 is 0 Å². The van der Waals surface area contributed by atoms with Crippen molar-refractivity contribution in [1.82, 2.24) is 19.4 Å². The third kappa shape index (κ3) is 3.70. The van der Waals surface area contributed by atoms with Crippen molar-refractivity contribution in [2.24, 2.45) is 0 Å². The maximum Gasteiger partial charge on any atom is 0.261 e. The van der Waals surface area contributed by atoms with Gasteiger partial charge in [0.25, 0.3) is 5.56 Å². The van der Waals surface area contributed by atoms with Gasteiger partial charge in [0.15, 0.2) is 5.58 Å². The summed E-state index contributed by atoms with van der Waals surface area (Å²) in [6.07, 6.45) is 4.54. The number of hydrogen-bond acceptors (Lipinski definition) is 6. The van der Waals surface area contributed by atoms with E-state index in [-0.39, 0.29) is 5.56 Å². The highest BCUT2D eigenvalue weighted by Gasteiger charge is 2.25. The minimum atomic E-state index is 0.0426. The second-order valence-corrected chi connectivity index (χ2v) is 8.21. The number of ether oxygens (including phenoxy) is 1. The van der Waals surface area contributed by atoms with Gasteiger partial charge in [-0.3, -0.25) is 9.20 Å². The van der Waals surface area contributed by atoms with Crippen LogP contribution < -0.4 is 10.3 Å². The van der Waals surface area contributed by atoms with Crippen LogP contribution in [0, 0.1) is 6.92 Å². The Hall–Kier alpha value is -3.19. The van der Waals surface area contributed by atoms with Crippen molar-refractivity contribution >= 4 is 16.6 Å². The Labute approximate surface area is 180 Å². The van der Waals surface area contributed by atoms with Crippen LogP contribution in [0.3, 0.4) is 0 Å². The Kier molecular flexibility index (Phi) is 5.19. The standard InChI is InChI=1S/C24H26N4O3/c1-16-19(24(29)28-11-4-3-5-22(28)25-16)10-14-27-12-8-17(9-13-27)23-20-15-18(30-2)6-7-21(20)31-26-23/h3-7,11,15,17H,8-10,12-14H2,1-2H3. The first-order chi connectivity index (χ1) is 15.1. The van der Waals surface area contributed by atoms with Crippen LogP contribution in [0.2, 0.25) is 0 Å². The van der Waals surface area contributed by atoms with Gasteiger partial charge in [-0.05, 0) is 69.6 Å². The summed E-state index contributed by atoms with van der Waals surface area (Å²) in [5, 5.41) is 5.41. The molecule has 0 aliphatic carbocycles. The minimum Gasteiger partial charge on any atom is -0.497 e. The first-order valence-electron chi connectivity index (χ1n) is 10.8. The third-order valence-electron chi connectivity index (χ3n) is 6.39. The molecular weight excluding hydrogens is 392 g/mol. The summed E-state index contributed by atoms with van der Waals surface area (Å²) in [6, 6.07) is 11.5. The summed E-state index contributed by atoms with van der Waals surface area (Å²) in [5.74, 6) is 1.19. The van der Waals surface area contributed by atoms with E-state index in [0.717, 1.165) is 66.1 Å². The van der Waals surface area contributed by atoms with Crippen LogP contribution in [-0.2, 0) is 6.42 Å². The zero-order chi connectivity index (χ0) is 21.4. The maximum atomic E-state index is 12.9. The van der Waals surface area contributed by atoms with Gasteiger partial charge in [-0.25, -0.2) is 4.98 Å². The van der Waals surface area contributed by atoms with E-state index in [4.69, 9.17) is 9.26 Å². The van der Waals surface area contributed by atoms with Crippen LogP contribution in [0.4, 0.5) is 0 Å². The van der Waals surface area contributed by atoms with Crippen molar-refractivity contribution in [2.45, 2.75) is 32.1 Å². The number of benzene rings is 1. The molecule has 5 rings (SSSR count). The smallest absolute Gasteiger partial charge is 0.261 e. The average Bonchev–Trinajstić information content (AvgIpc) is 3.22. The van der Waals surface area contributed by atoms with Crippen LogP contribution in [0.1, 0.15) is 35.7 Å². The molecule has 0 bridgehead atoms. The molecule has 0 radical (unpaired) electrons. The van der Waals surface area contributed by atoms with E-state index in [9.17, 15) is 4.79 Å². The quantitative estimate of drug-likeness (QED) is 0.493. The second-order valence-electron chi connectivity index (χ2n) is 8.21. The molecule has 1 aliphatic rings. The maximum absolute atomic E-state index is 12.9. The molecule has 4 heterocycles. The number of nitrogens with zero attached hydrogens (tertiary/aromatic N) is 4. The second kappa shape index (κ2) is 8.15. The first kappa shape index (κ1) is 19.8. The number of methoxy groups -OCH3 is 1. The fourth-order valence-electron chi connectivity index (χ4n) is 4.58. The SMILES string of the molecule is COc1ccc2onc(C3CCN(CCc4c(C)nc5ccccn5c4=O)CC3)c2c1. The number of aromatic nitrogens is 3. The molecule has 1 fully saturated rings. The molecule has 0 unspecified atom stereocenters.